The molecule has 0 heterocycles. The molecule has 0 unspecified atom stereocenters. The Morgan fingerprint density at radius 1 is 1.21 bits per heavy atom. The average Bonchev–Trinajstić information content (AvgIpc) is 2.61. The number of benzene rings is 2. The van der Waals surface area contributed by atoms with Gasteiger partial charge in [0.2, 0.25) is 0 Å². The molecule has 0 saturated heterocycles. The van der Waals surface area contributed by atoms with E-state index < -0.39 is 0 Å². The normalized spacial score (nSPS) is 22.0. The maximum absolute atomic E-state index is 5.41. The Balaban J connectivity index is 1.89. The van der Waals surface area contributed by atoms with E-state index in [4.69, 9.17) is 4.74 Å². The lowest BCUT2D eigenvalue weighted by Gasteiger charge is -2.37. The third-order valence-corrected chi connectivity index (χ3v) is 5.61. The molecule has 0 saturated carbocycles. The largest absolute Gasteiger partial charge is 0.496 e. The minimum Gasteiger partial charge on any atom is -0.496 e. The van der Waals surface area contributed by atoms with Gasteiger partial charge in [0, 0.05) is 22.5 Å². The van der Waals surface area contributed by atoms with Gasteiger partial charge in [0.05, 0.1) is 7.11 Å². The molecule has 1 N–H and O–H groups in total. The molecule has 3 rings (SSSR count). The number of rotatable bonds is 5. The first kappa shape index (κ1) is 17.2. The molecular weight excluding hydrogens is 362 g/mol. The number of hydrogen-bond donors (Lipinski definition) is 1. The van der Waals surface area contributed by atoms with Gasteiger partial charge in [-0.2, -0.15) is 0 Å². The molecule has 1 aliphatic rings. The van der Waals surface area contributed by atoms with Gasteiger partial charge >= 0.3 is 0 Å². The number of halogens is 1. The zero-order valence-electron chi connectivity index (χ0n) is 14.5. The molecule has 0 amide bonds. The van der Waals surface area contributed by atoms with Crippen molar-refractivity contribution in [2.24, 2.45) is 0 Å². The lowest BCUT2D eigenvalue weighted by Crippen LogP contribution is -2.45. The summed E-state index contributed by atoms with van der Waals surface area (Å²) in [4.78, 5) is 0. The summed E-state index contributed by atoms with van der Waals surface area (Å²) in [6.45, 7) is 4.47. The monoisotopic (exact) mass is 385 g/mol. The molecule has 0 fully saturated rings. The van der Waals surface area contributed by atoms with Crippen molar-refractivity contribution in [2.75, 3.05) is 7.11 Å². The van der Waals surface area contributed by atoms with Gasteiger partial charge in [-0.05, 0) is 35.8 Å². The van der Waals surface area contributed by atoms with Gasteiger partial charge in [-0.1, -0.05) is 71.4 Å². The summed E-state index contributed by atoms with van der Waals surface area (Å²) in [5.41, 5.74) is 1.28. The Hall–Kier alpha value is -1.58. The molecule has 2 aromatic rings. The first-order valence-corrected chi connectivity index (χ1v) is 9.25. The maximum atomic E-state index is 5.41. The molecule has 0 aromatic heterocycles. The average molecular weight is 386 g/mol. The number of methoxy groups -OCH3 is 1. The fourth-order valence-corrected chi connectivity index (χ4v) is 4.30. The topological polar surface area (TPSA) is 21.3 Å². The van der Waals surface area contributed by atoms with Crippen molar-refractivity contribution in [1.29, 1.82) is 0 Å². The first-order chi connectivity index (χ1) is 11.6. The second-order valence-electron chi connectivity index (χ2n) is 6.43. The Morgan fingerprint density at radius 3 is 2.67 bits per heavy atom. The Labute approximate surface area is 152 Å². The van der Waals surface area contributed by atoms with E-state index in [9.17, 15) is 0 Å². The van der Waals surface area contributed by atoms with Crippen LogP contribution in [0.4, 0.5) is 0 Å². The molecule has 126 valence electrons. The van der Waals surface area contributed by atoms with E-state index in [2.05, 4.69) is 89.7 Å². The van der Waals surface area contributed by atoms with Gasteiger partial charge in [0.25, 0.3) is 0 Å². The van der Waals surface area contributed by atoms with Gasteiger partial charge in [-0.15, -0.1) is 0 Å². The third-order valence-electron chi connectivity index (χ3n) is 4.94. The quantitative estimate of drug-likeness (QED) is 0.696. The highest BCUT2D eigenvalue weighted by Gasteiger charge is 2.31. The summed E-state index contributed by atoms with van der Waals surface area (Å²) in [5, 5.41) is 6.46. The molecule has 2 atom stereocenters. The van der Waals surface area contributed by atoms with Gasteiger partial charge < -0.3 is 10.1 Å². The predicted molar refractivity (Wildman–Crippen MR) is 105 cm³/mol. The fraction of sp³-hybridized carbons (Fsp3) is 0.333. The Kier molecular flexibility index (Phi) is 5.12. The van der Waals surface area contributed by atoms with Crippen LogP contribution in [0.1, 0.15) is 38.3 Å². The second-order valence-corrected chi connectivity index (χ2v) is 7.38. The fourth-order valence-electron chi connectivity index (χ4n) is 3.51. The molecule has 1 aliphatic carbocycles. The summed E-state index contributed by atoms with van der Waals surface area (Å²) in [7, 11) is 1.71. The van der Waals surface area contributed by atoms with Crippen LogP contribution in [0.25, 0.3) is 10.8 Å². The minimum atomic E-state index is -0.0583. The van der Waals surface area contributed by atoms with Crippen LogP contribution in [0.15, 0.2) is 64.9 Å². The van der Waals surface area contributed by atoms with E-state index in [1.54, 1.807) is 7.11 Å². The third kappa shape index (κ3) is 3.28. The molecule has 3 heteroatoms. The van der Waals surface area contributed by atoms with Crippen molar-refractivity contribution in [2.45, 2.75) is 38.3 Å². The molecule has 2 nitrogen and oxygen atoms in total. The zero-order valence-corrected chi connectivity index (χ0v) is 16.1. The van der Waals surface area contributed by atoms with Crippen molar-refractivity contribution >= 4 is 26.7 Å². The number of hydrogen-bond acceptors (Lipinski definition) is 2. The highest BCUT2D eigenvalue weighted by atomic mass is 79.9. The van der Waals surface area contributed by atoms with E-state index in [0.29, 0.717) is 0 Å². The summed E-state index contributed by atoms with van der Waals surface area (Å²) < 4.78 is 6.52. The molecule has 0 aliphatic heterocycles. The number of fused-ring (bicyclic) bond motifs is 1. The minimum absolute atomic E-state index is 0.0583. The van der Waals surface area contributed by atoms with Crippen LogP contribution in [-0.2, 0) is 4.74 Å². The summed E-state index contributed by atoms with van der Waals surface area (Å²) in [6, 6.07) is 15.4. The summed E-state index contributed by atoms with van der Waals surface area (Å²) >= 11 is 3.68. The standard InChI is InChI=1S/C21H24BrNO/c1-4-21(13-12-20(24-3)19(22)14-21)23-15(2)17-11-7-9-16-8-5-6-10-18(16)17/h5-13,15,23H,4,14H2,1-3H3/t15-,21+/m1/s1. The van der Waals surface area contributed by atoms with E-state index in [1.807, 2.05) is 0 Å². The van der Waals surface area contributed by atoms with Crippen molar-refractivity contribution < 1.29 is 4.74 Å². The van der Waals surface area contributed by atoms with Crippen molar-refractivity contribution in [1.82, 2.24) is 5.32 Å². The van der Waals surface area contributed by atoms with Crippen molar-refractivity contribution in [3.05, 3.63) is 70.4 Å². The second kappa shape index (κ2) is 7.12. The van der Waals surface area contributed by atoms with E-state index in [1.165, 1.54) is 16.3 Å². The van der Waals surface area contributed by atoms with Gasteiger partial charge in [-0.25, -0.2) is 0 Å². The van der Waals surface area contributed by atoms with Crippen LogP contribution in [0.2, 0.25) is 0 Å². The number of ether oxygens (including phenoxy) is 1. The summed E-state index contributed by atoms with van der Waals surface area (Å²) in [5.74, 6) is 0.915. The molecular formula is C21H24BrNO. The van der Waals surface area contributed by atoms with Crippen LogP contribution in [0, 0.1) is 0 Å². The molecule has 0 radical (unpaired) electrons. The molecule has 0 bridgehead atoms. The Bertz CT molecular complexity index is 790. The lowest BCUT2D eigenvalue weighted by molar-refractivity contribution is 0.286. The maximum Gasteiger partial charge on any atom is 0.128 e. The van der Waals surface area contributed by atoms with Crippen LogP contribution >= 0.6 is 15.9 Å². The van der Waals surface area contributed by atoms with Crippen LogP contribution in [0.5, 0.6) is 0 Å². The van der Waals surface area contributed by atoms with Gasteiger partial charge in [-0.3, -0.25) is 0 Å². The van der Waals surface area contributed by atoms with Crippen LogP contribution < -0.4 is 5.32 Å². The van der Waals surface area contributed by atoms with Gasteiger partial charge in [0.1, 0.15) is 5.76 Å². The van der Waals surface area contributed by atoms with Crippen LogP contribution in [-0.4, -0.2) is 12.6 Å². The summed E-state index contributed by atoms with van der Waals surface area (Å²) in [6.07, 6.45) is 6.24. The highest BCUT2D eigenvalue weighted by molar-refractivity contribution is 9.11. The predicted octanol–water partition coefficient (Wildman–Crippen LogP) is 5.85. The van der Waals surface area contributed by atoms with Crippen molar-refractivity contribution in [3.63, 3.8) is 0 Å². The van der Waals surface area contributed by atoms with E-state index >= 15 is 0 Å². The zero-order chi connectivity index (χ0) is 17.2. The number of nitrogens with one attached hydrogen (secondary N) is 1. The Morgan fingerprint density at radius 2 is 1.96 bits per heavy atom. The van der Waals surface area contributed by atoms with Crippen molar-refractivity contribution in [3.8, 4) is 0 Å². The molecule has 0 spiro atoms. The highest BCUT2D eigenvalue weighted by Crippen LogP contribution is 2.36. The van der Waals surface area contributed by atoms with Gasteiger partial charge in [0.15, 0.2) is 0 Å². The van der Waals surface area contributed by atoms with E-state index in [0.717, 1.165) is 23.1 Å². The first-order valence-electron chi connectivity index (χ1n) is 8.46. The lowest BCUT2D eigenvalue weighted by atomic mass is 9.86. The molecule has 24 heavy (non-hydrogen) atoms. The van der Waals surface area contributed by atoms with E-state index in [-0.39, 0.29) is 11.6 Å². The smallest absolute Gasteiger partial charge is 0.128 e. The SMILES string of the molecule is CC[C@]1(N[C@H](C)c2cccc3ccccc23)C=CC(OC)=C(Br)C1. The van der Waals surface area contributed by atoms with Crippen LogP contribution in [0.3, 0.4) is 0 Å². The molecule has 2 aromatic carbocycles. The number of allylic oxidation sites excluding steroid dienone is 1.